The lowest BCUT2D eigenvalue weighted by Gasteiger charge is -2.27. The van der Waals surface area contributed by atoms with E-state index in [-0.39, 0.29) is 5.91 Å². The summed E-state index contributed by atoms with van der Waals surface area (Å²) in [5, 5.41) is 0. The van der Waals surface area contributed by atoms with E-state index < -0.39 is 0 Å². The van der Waals surface area contributed by atoms with Crippen LogP contribution in [-0.4, -0.2) is 19.1 Å². The third-order valence-corrected chi connectivity index (χ3v) is 3.16. The molecule has 0 spiro atoms. The summed E-state index contributed by atoms with van der Waals surface area (Å²) in [6.07, 6.45) is 6.34. The van der Waals surface area contributed by atoms with Gasteiger partial charge in [-0.25, -0.2) is 0 Å². The van der Waals surface area contributed by atoms with Gasteiger partial charge in [-0.1, -0.05) is 6.92 Å². The summed E-state index contributed by atoms with van der Waals surface area (Å²) in [6, 6.07) is 0. The molecule has 3 nitrogen and oxygen atoms in total. The first-order valence-electron chi connectivity index (χ1n) is 6.08. The molecule has 0 aliphatic heterocycles. The maximum Gasteiger partial charge on any atom is 0.217 e. The third kappa shape index (κ3) is 5.17. The van der Waals surface area contributed by atoms with E-state index in [9.17, 15) is 4.79 Å². The Morgan fingerprint density at radius 3 is 2.40 bits per heavy atom. The molecular formula is C12H23NO2. The van der Waals surface area contributed by atoms with Crippen molar-refractivity contribution in [1.82, 2.24) is 0 Å². The molecule has 0 saturated heterocycles. The lowest BCUT2D eigenvalue weighted by atomic mass is 9.81. The fourth-order valence-corrected chi connectivity index (χ4v) is 2.28. The number of carbonyl (C=O) groups is 1. The summed E-state index contributed by atoms with van der Waals surface area (Å²) >= 11 is 0. The smallest absolute Gasteiger partial charge is 0.217 e. The van der Waals surface area contributed by atoms with Crippen LogP contribution in [-0.2, 0) is 9.53 Å². The molecule has 3 heteroatoms. The quantitative estimate of drug-likeness (QED) is 0.687. The minimum Gasteiger partial charge on any atom is -0.381 e. The van der Waals surface area contributed by atoms with Crippen molar-refractivity contribution in [2.24, 2.45) is 17.6 Å². The van der Waals surface area contributed by atoms with Crippen LogP contribution >= 0.6 is 0 Å². The standard InChI is InChI=1S/C12H23NO2/c1-2-7-15-9-11-5-3-10(4-6-11)8-12(13)14/h10-11H,2-9H2,1H3,(H2,13,14). The van der Waals surface area contributed by atoms with Crippen molar-refractivity contribution in [3.05, 3.63) is 0 Å². The summed E-state index contributed by atoms with van der Waals surface area (Å²) in [5.41, 5.74) is 5.19. The second kappa shape index (κ2) is 6.83. The first-order chi connectivity index (χ1) is 7.22. The van der Waals surface area contributed by atoms with Gasteiger partial charge in [0.2, 0.25) is 5.91 Å². The predicted octanol–water partition coefficient (Wildman–Crippen LogP) is 2.09. The van der Waals surface area contributed by atoms with Crippen LogP contribution in [0.1, 0.15) is 45.4 Å². The van der Waals surface area contributed by atoms with Crippen molar-refractivity contribution in [2.45, 2.75) is 45.4 Å². The summed E-state index contributed by atoms with van der Waals surface area (Å²) in [4.78, 5) is 10.8. The topological polar surface area (TPSA) is 52.3 Å². The van der Waals surface area contributed by atoms with E-state index in [1.165, 1.54) is 12.8 Å². The summed E-state index contributed by atoms with van der Waals surface area (Å²) in [6.45, 7) is 3.90. The van der Waals surface area contributed by atoms with Crippen LogP contribution < -0.4 is 5.73 Å². The van der Waals surface area contributed by atoms with Gasteiger partial charge in [0.05, 0.1) is 0 Å². The molecule has 1 amide bonds. The van der Waals surface area contributed by atoms with E-state index in [1.807, 2.05) is 0 Å². The number of hydrogen-bond donors (Lipinski definition) is 1. The van der Waals surface area contributed by atoms with Gasteiger partial charge in [0.15, 0.2) is 0 Å². The molecule has 0 aromatic carbocycles. The van der Waals surface area contributed by atoms with Gasteiger partial charge in [-0.15, -0.1) is 0 Å². The largest absolute Gasteiger partial charge is 0.381 e. The molecule has 2 N–H and O–H groups in total. The zero-order valence-electron chi connectivity index (χ0n) is 9.71. The third-order valence-electron chi connectivity index (χ3n) is 3.16. The molecule has 0 unspecified atom stereocenters. The Bertz CT molecular complexity index is 186. The van der Waals surface area contributed by atoms with Crippen LogP contribution in [0.2, 0.25) is 0 Å². The van der Waals surface area contributed by atoms with Crippen molar-refractivity contribution in [3.8, 4) is 0 Å². The van der Waals surface area contributed by atoms with Crippen LogP contribution in [0.15, 0.2) is 0 Å². The summed E-state index contributed by atoms with van der Waals surface area (Å²) < 4.78 is 5.55. The van der Waals surface area contributed by atoms with E-state index in [0.29, 0.717) is 18.3 Å². The van der Waals surface area contributed by atoms with E-state index >= 15 is 0 Å². The molecule has 1 saturated carbocycles. The Labute approximate surface area is 92.4 Å². The van der Waals surface area contributed by atoms with Crippen LogP contribution in [0.5, 0.6) is 0 Å². The molecule has 1 aliphatic rings. The van der Waals surface area contributed by atoms with Gasteiger partial charge in [-0.3, -0.25) is 4.79 Å². The van der Waals surface area contributed by atoms with Crippen molar-refractivity contribution >= 4 is 5.91 Å². The lowest BCUT2D eigenvalue weighted by Crippen LogP contribution is -2.23. The maximum atomic E-state index is 10.8. The van der Waals surface area contributed by atoms with Gasteiger partial charge in [0.25, 0.3) is 0 Å². The molecule has 15 heavy (non-hydrogen) atoms. The number of hydrogen-bond acceptors (Lipinski definition) is 2. The SMILES string of the molecule is CCCOCC1CCC(CC(N)=O)CC1. The Morgan fingerprint density at radius 1 is 1.27 bits per heavy atom. The minimum absolute atomic E-state index is 0.152. The van der Waals surface area contributed by atoms with Crippen LogP contribution in [0, 0.1) is 11.8 Å². The van der Waals surface area contributed by atoms with Crippen LogP contribution in [0.25, 0.3) is 0 Å². The number of carbonyl (C=O) groups excluding carboxylic acids is 1. The van der Waals surface area contributed by atoms with Gasteiger partial charge < -0.3 is 10.5 Å². The molecule has 0 bridgehead atoms. The van der Waals surface area contributed by atoms with E-state index in [0.717, 1.165) is 32.5 Å². The Kier molecular flexibility index (Phi) is 5.69. The molecule has 88 valence electrons. The van der Waals surface area contributed by atoms with Gasteiger partial charge in [-0.05, 0) is 43.9 Å². The zero-order chi connectivity index (χ0) is 11.1. The normalized spacial score (nSPS) is 26.5. The Hall–Kier alpha value is -0.570. The van der Waals surface area contributed by atoms with E-state index in [2.05, 4.69) is 6.92 Å². The highest BCUT2D eigenvalue weighted by atomic mass is 16.5. The van der Waals surface area contributed by atoms with Gasteiger partial charge >= 0.3 is 0 Å². The molecule has 0 aromatic heterocycles. The molecule has 0 aromatic rings. The predicted molar refractivity (Wildman–Crippen MR) is 60.4 cm³/mol. The van der Waals surface area contributed by atoms with Crippen molar-refractivity contribution in [2.75, 3.05) is 13.2 Å². The second-order valence-corrected chi connectivity index (χ2v) is 4.63. The first kappa shape index (κ1) is 12.5. The maximum absolute atomic E-state index is 10.8. The number of primary amides is 1. The molecule has 1 rings (SSSR count). The highest BCUT2D eigenvalue weighted by Crippen LogP contribution is 2.30. The molecule has 0 heterocycles. The first-order valence-corrected chi connectivity index (χ1v) is 6.08. The van der Waals surface area contributed by atoms with E-state index in [4.69, 9.17) is 10.5 Å². The highest BCUT2D eigenvalue weighted by molar-refractivity contribution is 5.73. The average Bonchev–Trinajstić information content (AvgIpc) is 2.20. The minimum atomic E-state index is -0.152. The monoisotopic (exact) mass is 213 g/mol. The Morgan fingerprint density at radius 2 is 1.87 bits per heavy atom. The summed E-state index contributed by atoms with van der Waals surface area (Å²) in [5.74, 6) is 1.09. The number of nitrogens with two attached hydrogens (primary N) is 1. The average molecular weight is 213 g/mol. The fraction of sp³-hybridized carbons (Fsp3) is 0.917. The van der Waals surface area contributed by atoms with Gasteiger partial charge in [0.1, 0.15) is 0 Å². The van der Waals surface area contributed by atoms with Crippen molar-refractivity contribution < 1.29 is 9.53 Å². The van der Waals surface area contributed by atoms with Crippen molar-refractivity contribution in [1.29, 1.82) is 0 Å². The molecule has 1 fully saturated rings. The second-order valence-electron chi connectivity index (χ2n) is 4.63. The van der Waals surface area contributed by atoms with Crippen LogP contribution in [0.3, 0.4) is 0 Å². The molecule has 1 aliphatic carbocycles. The van der Waals surface area contributed by atoms with Crippen molar-refractivity contribution in [3.63, 3.8) is 0 Å². The fourth-order valence-electron chi connectivity index (χ4n) is 2.28. The Balaban J connectivity index is 2.10. The molecule has 0 radical (unpaired) electrons. The molecule has 0 atom stereocenters. The zero-order valence-corrected chi connectivity index (χ0v) is 9.71. The highest BCUT2D eigenvalue weighted by Gasteiger charge is 2.22. The number of rotatable bonds is 6. The van der Waals surface area contributed by atoms with Gasteiger partial charge in [-0.2, -0.15) is 0 Å². The lowest BCUT2D eigenvalue weighted by molar-refractivity contribution is -0.119. The molecular weight excluding hydrogens is 190 g/mol. The number of ether oxygens (including phenoxy) is 1. The number of amides is 1. The van der Waals surface area contributed by atoms with E-state index in [1.54, 1.807) is 0 Å². The van der Waals surface area contributed by atoms with Crippen LogP contribution in [0.4, 0.5) is 0 Å². The van der Waals surface area contributed by atoms with Gasteiger partial charge in [0, 0.05) is 19.6 Å². The summed E-state index contributed by atoms with van der Waals surface area (Å²) in [7, 11) is 0.